The maximum atomic E-state index is 12.4. The van der Waals surface area contributed by atoms with Gasteiger partial charge in [0, 0.05) is 26.2 Å². The molecular weight excluding hydrogens is 338 g/mol. The van der Waals surface area contributed by atoms with Crippen LogP contribution in [0.4, 0.5) is 0 Å². The van der Waals surface area contributed by atoms with Gasteiger partial charge in [-0.15, -0.1) is 0 Å². The van der Waals surface area contributed by atoms with Crippen LogP contribution in [0.25, 0.3) is 10.8 Å². The van der Waals surface area contributed by atoms with Gasteiger partial charge in [0.05, 0.1) is 12.5 Å². The predicted octanol–water partition coefficient (Wildman–Crippen LogP) is 2.69. The Morgan fingerprint density at radius 2 is 2.00 bits per heavy atom. The lowest BCUT2D eigenvalue weighted by molar-refractivity contribution is -0.134. The van der Waals surface area contributed by atoms with Gasteiger partial charge >= 0.3 is 0 Å². The van der Waals surface area contributed by atoms with E-state index in [0.29, 0.717) is 25.6 Å². The number of amides is 2. The highest BCUT2D eigenvalue weighted by Crippen LogP contribution is 2.19. The summed E-state index contributed by atoms with van der Waals surface area (Å²) in [5.41, 5.74) is 1.16. The van der Waals surface area contributed by atoms with E-state index in [4.69, 9.17) is 0 Å². The van der Waals surface area contributed by atoms with Crippen molar-refractivity contribution in [3.8, 4) is 0 Å². The largest absolute Gasteiger partial charge is 0.356 e. The Bertz CT molecular complexity index is 803. The molecule has 0 aliphatic carbocycles. The number of rotatable bonds is 7. The van der Waals surface area contributed by atoms with Gasteiger partial charge in [-0.2, -0.15) is 0 Å². The van der Waals surface area contributed by atoms with Crippen LogP contribution in [-0.2, 0) is 16.1 Å². The second-order valence-electron chi connectivity index (χ2n) is 7.70. The predicted molar refractivity (Wildman–Crippen MR) is 108 cm³/mol. The van der Waals surface area contributed by atoms with Crippen LogP contribution in [0.2, 0.25) is 0 Å². The number of hydrogen-bond donors (Lipinski definition) is 2. The Balaban J connectivity index is 1.65. The quantitative estimate of drug-likeness (QED) is 0.791. The van der Waals surface area contributed by atoms with Gasteiger partial charge in [0.15, 0.2) is 0 Å². The summed E-state index contributed by atoms with van der Waals surface area (Å²) in [4.78, 5) is 26.8. The standard InChI is InChI=1S/C22H29N3O2/c1-16(2)9-10-23-21(26)14-20-22(27)24-11-12-25(20)15-17-7-8-18-5-3-4-6-19(18)13-17/h3-8,13,16,20H,9-12,14-15H2,1-2H3,(H,23,26)(H,24,27)/t20-/m1/s1. The van der Waals surface area contributed by atoms with Crippen molar-refractivity contribution in [2.24, 2.45) is 5.92 Å². The number of nitrogens with one attached hydrogen (secondary N) is 2. The Kier molecular flexibility index (Phi) is 6.45. The summed E-state index contributed by atoms with van der Waals surface area (Å²) >= 11 is 0. The van der Waals surface area contributed by atoms with Crippen molar-refractivity contribution in [3.05, 3.63) is 48.0 Å². The first-order valence-electron chi connectivity index (χ1n) is 9.79. The molecule has 1 fully saturated rings. The Hall–Kier alpha value is -2.40. The number of carbonyl (C=O) groups is 2. The van der Waals surface area contributed by atoms with Crippen LogP contribution in [0.15, 0.2) is 42.5 Å². The minimum Gasteiger partial charge on any atom is -0.356 e. The summed E-state index contributed by atoms with van der Waals surface area (Å²) < 4.78 is 0. The molecule has 1 saturated heterocycles. The molecule has 1 heterocycles. The van der Waals surface area contributed by atoms with E-state index in [2.05, 4.69) is 59.7 Å². The molecule has 0 bridgehead atoms. The Morgan fingerprint density at radius 3 is 2.78 bits per heavy atom. The number of nitrogens with zero attached hydrogens (tertiary/aromatic N) is 1. The number of hydrogen-bond acceptors (Lipinski definition) is 3. The zero-order valence-corrected chi connectivity index (χ0v) is 16.2. The van der Waals surface area contributed by atoms with Crippen molar-refractivity contribution in [1.29, 1.82) is 0 Å². The van der Waals surface area contributed by atoms with Crippen molar-refractivity contribution in [2.75, 3.05) is 19.6 Å². The maximum absolute atomic E-state index is 12.4. The smallest absolute Gasteiger partial charge is 0.237 e. The summed E-state index contributed by atoms with van der Waals surface area (Å²) in [7, 11) is 0. The van der Waals surface area contributed by atoms with Crippen LogP contribution in [-0.4, -0.2) is 42.4 Å². The van der Waals surface area contributed by atoms with Gasteiger partial charge in [0.2, 0.25) is 11.8 Å². The average molecular weight is 367 g/mol. The first kappa shape index (κ1) is 19.4. The molecule has 27 heavy (non-hydrogen) atoms. The molecule has 1 atom stereocenters. The van der Waals surface area contributed by atoms with E-state index in [-0.39, 0.29) is 18.2 Å². The van der Waals surface area contributed by atoms with Crippen LogP contribution >= 0.6 is 0 Å². The van der Waals surface area contributed by atoms with E-state index in [1.165, 1.54) is 10.8 Å². The molecule has 0 spiro atoms. The molecule has 144 valence electrons. The molecule has 2 aromatic rings. The van der Waals surface area contributed by atoms with Crippen LogP contribution < -0.4 is 10.6 Å². The minimum atomic E-state index is -0.413. The van der Waals surface area contributed by atoms with Gasteiger partial charge in [0.1, 0.15) is 0 Å². The third kappa shape index (κ3) is 5.30. The second-order valence-corrected chi connectivity index (χ2v) is 7.70. The fraction of sp³-hybridized carbons (Fsp3) is 0.455. The molecule has 2 N–H and O–H groups in total. The number of piperazine rings is 1. The molecule has 3 rings (SSSR count). The van der Waals surface area contributed by atoms with Gasteiger partial charge in [0.25, 0.3) is 0 Å². The maximum Gasteiger partial charge on any atom is 0.237 e. The summed E-state index contributed by atoms with van der Waals surface area (Å²) in [6.45, 7) is 6.97. The van der Waals surface area contributed by atoms with Crippen molar-refractivity contribution in [1.82, 2.24) is 15.5 Å². The van der Waals surface area contributed by atoms with Crippen LogP contribution in [0.3, 0.4) is 0 Å². The Labute approximate surface area is 161 Å². The van der Waals surface area contributed by atoms with E-state index in [0.717, 1.165) is 18.5 Å². The third-order valence-corrected chi connectivity index (χ3v) is 5.06. The number of fused-ring (bicyclic) bond motifs is 1. The lowest BCUT2D eigenvalue weighted by atomic mass is 10.0. The SMILES string of the molecule is CC(C)CCNC(=O)C[C@@H]1C(=O)NCCN1Cc1ccc2ccccc2c1. The molecule has 0 radical (unpaired) electrons. The molecule has 0 saturated carbocycles. The zero-order valence-electron chi connectivity index (χ0n) is 16.2. The lowest BCUT2D eigenvalue weighted by Crippen LogP contribution is -2.56. The molecular formula is C22H29N3O2. The highest BCUT2D eigenvalue weighted by Gasteiger charge is 2.31. The molecule has 2 aromatic carbocycles. The molecule has 5 heteroatoms. The van der Waals surface area contributed by atoms with Gasteiger partial charge < -0.3 is 10.6 Å². The monoisotopic (exact) mass is 367 g/mol. The van der Waals surface area contributed by atoms with Crippen molar-refractivity contribution in [2.45, 2.75) is 39.3 Å². The third-order valence-electron chi connectivity index (χ3n) is 5.06. The van der Waals surface area contributed by atoms with E-state index in [9.17, 15) is 9.59 Å². The zero-order chi connectivity index (χ0) is 19.2. The molecule has 1 aliphatic heterocycles. The number of carbonyl (C=O) groups excluding carboxylic acids is 2. The van der Waals surface area contributed by atoms with E-state index >= 15 is 0 Å². The van der Waals surface area contributed by atoms with Crippen LogP contribution in [0.5, 0.6) is 0 Å². The van der Waals surface area contributed by atoms with E-state index < -0.39 is 6.04 Å². The van der Waals surface area contributed by atoms with E-state index in [1.54, 1.807) is 0 Å². The van der Waals surface area contributed by atoms with Gasteiger partial charge in [-0.25, -0.2) is 0 Å². The van der Waals surface area contributed by atoms with Crippen molar-refractivity contribution in [3.63, 3.8) is 0 Å². The minimum absolute atomic E-state index is 0.0544. The first-order chi connectivity index (χ1) is 13.0. The summed E-state index contributed by atoms with van der Waals surface area (Å²) in [6.07, 6.45) is 1.15. The normalized spacial score (nSPS) is 17.9. The number of benzene rings is 2. The summed E-state index contributed by atoms with van der Waals surface area (Å²) in [5, 5.41) is 8.24. The van der Waals surface area contributed by atoms with Gasteiger partial charge in [-0.1, -0.05) is 50.2 Å². The highest BCUT2D eigenvalue weighted by atomic mass is 16.2. The van der Waals surface area contributed by atoms with Gasteiger partial charge in [-0.05, 0) is 34.7 Å². The molecule has 2 amide bonds. The first-order valence-corrected chi connectivity index (χ1v) is 9.79. The fourth-order valence-corrected chi connectivity index (χ4v) is 3.49. The molecule has 5 nitrogen and oxygen atoms in total. The lowest BCUT2D eigenvalue weighted by Gasteiger charge is -2.34. The van der Waals surface area contributed by atoms with Crippen molar-refractivity contribution < 1.29 is 9.59 Å². The topological polar surface area (TPSA) is 61.4 Å². The van der Waals surface area contributed by atoms with E-state index in [1.807, 2.05) is 12.1 Å². The van der Waals surface area contributed by atoms with Gasteiger partial charge in [-0.3, -0.25) is 14.5 Å². The van der Waals surface area contributed by atoms with Crippen LogP contribution in [0.1, 0.15) is 32.3 Å². The second kappa shape index (κ2) is 9.00. The average Bonchev–Trinajstić information content (AvgIpc) is 2.64. The fourth-order valence-electron chi connectivity index (χ4n) is 3.49. The molecule has 0 aromatic heterocycles. The van der Waals surface area contributed by atoms with Crippen LogP contribution in [0, 0.1) is 5.92 Å². The Morgan fingerprint density at radius 1 is 1.22 bits per heavy atom. The molecule has 1 aliphatic rings. The van der Waals surface area contributed by atoms with Crippen molar-refractivity contribution >= 4 is 22.6 Å². The summed E-state index contributed by atoms with van der Waals surface area (Å²) in [6, 6.07) is 14.2. The molecule has 0 unspecified atom stereocenters. The highest BCUT2D eigenvalue weighted by molar-refractivity contribution is 5.89. The summed E-state index contributed by atoms with van der Waals surface area (Å²) in [5.74, 6) is 0.440.